The fourth-order valence-corrected chi connectivity index (χ4v) is 3.78. The SMILES string of the molecule is CCNc1ccc(C(=O)N2CCCS(=O)(=O)CC2)cc1C. The minimum absolute atomic E-state index is 0.0627. The molecule has 2 rings (SSSR count). The van der Waals surface area contributed by atoms with Crippen LogP contribution in [0.3, 0.4) is 0 Å². The van der Waals surface area contributed by atoms with E-state index in [9.17, 15) is 13.2 Å². The van der Waals surface area contributed by atoms with Gasteiger partial charge in [0.25, 0.3) is 5.91 Å². The van der Waals surface area contributed by atoms with Crippen molar-refractivity contribution in [3.8, 4) is 0 Å². The molecule has 1 heterocycles. The van der Waals surface area contributed by atoms with E-state index >= 15 is 0 Å². The molecule has 0 spiro atoms. The molecule has 0 radical (unpaired) electrons. The third kappa shape index (κ3) is 3.97. The van der Waals surface area contributed by atoms with E-state index in [0.717, 1.165) is 17.8 Å². The van der Waals surface area contributed by atoms with E-state index in [1.807, 2.05) is 26.0 Å². The van der Waals surface area contributed by atoms with Gasteiger partial charge in [-0.1, -0.05) is 0 Å². The molecule has 5 nitrogen and oxygen atoms in total. The van der Waals surface area contributed by atoms with E-state index in [-0.39, 0.29) is 24.0 Å². The van der Waals surface area contributed by atoms with E-state index in [1.165, 1.54) is 0 Å². The van der Waals surface area contributed by atoms with Gasteiger partial charge in [0.15, 0.2) is 9.84 Å². The van der Waals surface area contributed by atoms with E-state index in [0.29, 0.717) is 18.5 Å². The molecule has 1 aliphatic heterocycles. The lowest BCUT2D eigenvalue weighted by atomic mass is 10.1. The molecule has 1 fully saturated rings. The average molecular weight is 310 g/mol. The predicted molar refractivity (Wildman–Crippen MR) is 84.5 cm³/mol. The van der Waals surface area contributed by atoms with Crippen LogP contribution in [0.25, 0.3) is 0 Å². The number of nitrogens with zero attached hydrogens (tertiary/aromatic N) is 1. The summed E-state index contributed by atoms with van der Waals surface area (Å²) >= 11 is 0. The smallest absolute Gasteiger partial charge is 0.253 e. The molecule has 0 bridgehead atoms. The number of nitrogens with one attached hydrogen (secondary N) is 1. The summed E-state index contributed by atoms with van der Waals surface area (Å²) in [5.41, 5.74) is 2.66. The summed E-state index contributed by atoms with van der Waals surface area (Å²) in [4.78, 5) is 14.1. The van der Waals surface area contributed by atoms with Crippen molar-refractivity contribution < 1.29 is 13.2 Å². The van der Waals surface area contributed by atoms with Crippen LogP contribution in [0.15, 0.2) is 18.2 Å². The van der Waals surface area contributed by atoms with Crippen LogP contribution >= 0.6 is 0 Å². The number of sulfone groups is 1. The molecule has 1 aromatic carbocycles. The summed E-state index contributed by atoms with van der Waals surface area (Å²) in [7, 11) is -2.99. The quantitative estimate of drug-likeness (QED) is 0.922. The van der Waals surface area contributed by atoms with E-state index < -0.39 is 9.84 Å². The van der Waals surface area contributed by atoms with Gasteiger partial charge in [-0.2, -0.15) is 0 Å². The molecule has 0 aliphatic carbocycles. The molecular formula is C15H22N2O3S. The number of hydrogen-bond acceptors (Lipinski definition) is 4. The number of carbonyl (C=O) groups excluding carboxylic acids is 1. The fraction of sp³-hybridized carbons (Fsp3) is 0.533. The summed E-state index contributed by atoms with van der Waals surface area (Å²) < 4.78 is 23.2. The molecule has 0 unspecified atom stereocenters. The third-order valence-electron chi connectivity index (χ3n) is 3.68. The van der Waals surface area contributed by atoms with Crippen LogP contribution in [0.2, 0.25) is 0 Å². The number of amides is 1. The van der Waals surface area contributed by atoms with Crippen LogP contribution in [0, 0.1) is 6.92 Å². The normalized spacial score (nSPS) is 18.1. The van der Waals surface area contributed by atoms with Crippen molar-refractivity contribution in [2.24, 2.45) is 0 Å². The number of carbonyl (C=O) groups is 1. The van der Waals surface area contributed by atoms with Crippen LogP contribution in [0.5, 0.6) is 0 Å². The highest BCUT2D eigenvalue weighted by molar-refractivity contribution is 7.91. The van der Waals surface area contributed by atoms with Crippen LogP contribution < -0.4 is 5.32 Å². The van der Waals surface area contributed by atoms with E-state index in [4.69, 9.17) is 0 Å². The first-order chi connectivity index (χ1) is 9.93. The van der Waals surface area contributed by atoms with Gasteiger partial charge in [0.05, 0.1) is 11.5 Å². The second kappa shape index (κ2) is 6.47. The Morgan fingerprint density at radius 1 is 1.29 bits per heavy atom. The van der Waals surface area contributed by atoms with Crippen molar-refractivity contribution in [1.82, 2.24) is 4.90 Å². The number of rotatable bonds is 3. The zero-order valence-corrected chi connectivity index (χ0v) is 13.4. The molecule has 0 aromatic heterocycles. The Balaban J connectivity index is 2.14. The topological polar surface area (TPSA) is 66.5 Å². The second-order valence-corrected chi connectivity index (χ2v) is 7.66. The Labute approximate surface area is 126 Å². The van der Waals surface area contributed by atoms with E-state index in [2.05, 4.69) is 5.32 Å². The second-order valence-electron chi connectivity index (χ2n) is 5.36. The van der Waals surface area contributed by atoms with Crippen LogP contribution in [0.1, 0.15) is 29.3 Å². The van der Waals surface area contributed by atoms with Gasteiger partial charge in [-0.05, 0) is 44.0 Å². The Bertz CT molecular complexity index is 626. The first-order valence-electron chi connectivity index (χ1n) is 7.27. The molecule has 1 saturated heterocycles. The summed E-state index contributed by atoms with van der Waals surface area (Å²) in [6.45, 7) is 5.61. The molecule has 21 heavy (non-hydrogen) atoms. The molecule has 1 aromatic rings. The van der Waals surface area contributed by atoms with E-state index in [1.54, 1.807) is 11.0 Å². The lowest BCUT2D eigenvalue weighted by Crippen LogP contribution is -2.33. The molecular weight excluding hydrogens is 288 g/mol. The van der Waals surface area contributed by atoms with Crippen LogP contribution in [-0.2, 0) is 9.84 Å². The largest absolute Gasteiger partial charge is 0.385 e. The Hall–Kier alpha value is -1.56. The molecule has 0 saturated carbocycles. The third-order valence-corrected chi connectivity index (χ3v) is 5.40. The van der Waals surface area contributed by atoms with Crippen molar-refractivity contribution in [2.75, 3.05) is 36.5 Å². The lowest BCUT2D eigenvalue weighted by molar-refractivity contribution is 0.0768. The zero-order chi connectivity index (χ0) is 15.5. The molecule has 6 heteroatoms. The Kier molecular flexibility index (Phi) is 4.88. The highest BCUT2D eigenvalue weighted by Gasteiger charge is 2.23. The molecule has 116 valence electrons. The lowest BCUT2D eigenvalue weighted by Gasteiger charge is -2.20. The maximum atomic E-state index is 12.5. The van der Waals surface area contributed by atoms with Gasteiger partial charge in [-0.3, -0.25) is 4.79 Å². The first-order valence-corrected chi connectivity index (χ1v) is 9.09. The van der Waals surface area contributed by atoms with Crippen molar-refractivity contribution in [3.05, 3.63) is 29.3 Å². The van der Waals surface area contributed by atoms with Crippen LogP contribution in [-0.4, -0.2) is 50.4 Å². The number of benzene rings is 1. The van der Waals surface area contributed by atoms with Crippen molar-refractivity contribution in [3.63, 3.8) is 0 Å². The summed E-state index contributed by atoms with van der Waals surface area (Å²) in [5, 5.41) is 3.24. The van der Waals surface area contributed by atoms with Gasteiger partial charge in [0.1, 0.15) is 0 Å². The zero-order valence-electron chi connectivity index (χ0n) is 12.6. The van der Waals surface area contributed by atoms with Crippen molar-refractivity contribution in [1.29, 1.82) is 0 Å². The van der Waals surface area contributed by atoms with Gasteiger partial charge >= 0.3 is 0 Å². The summed E-state index contributed by atoms with van der Waals surface area (Å²) in [6.07, 6.45) is 0.516. The van der Waals surface area contributed by atoms with Crippen molar-refractivity contribution >= 4 is 21.4 Å². The van der Waals surface area contributed by atoms with Gasteiger partial charge in [0, 0.05) is 30.9 Å². The van der Waals surface area contributed by atoms with Gasteiger partial charge < -0.3 is 10.2 Å². The average Bonchev–Trinajstić information content (AvgIpc) is 2.61. The maximum Gasteiger partial charge on any atom is 0.253 e. The molecule has 0 atom stereocenters. The Morgan fingerprint density at radius 2 is 2.05 bits per heavy atom. The molecule has 1 amide bonds. The summed E-state index contributed by atoms with van der Waals surface area (Å²) in [6, 6.07) is 5.56. The summed E-state index contributed by atoms with van der Waals surface area (Å²) in [5.74, 6) is 0.153. The van der Waals surface area contributed by atoms with Gasteiger partial charge in [0.2, 0.25) is 0 Å². The standard InChI is InChI=1S/C15H22N2O3S/c1-3-16-14-6-5-13(11-12(14)2)15(18)17-7-4-9-21(19,20)10-8-17/h5-6,11,16H,3-4,7-10H2,1-2H3. The minimum Gasteiger partial charge on any atom is -0.385 e. The highest BCUT2D eigenvalue weighted by Crippen LogP contribution is 2.18. The maximum absolute atomic E-state index is 12.5. The first kappa shape index (κ1) is 15.8. The molecule has 1 aliphatic rings. The fourth-order valence-electron chi connectivity index (χ4n) is 2.51. The Morgan fingerprint density at radius 3 is 2.71 bits per heavy atom. The number of hydrogen-bond donors (Lipinski definition) is 1. The molecule has 1 N–H and O–H groups in total. The highest BCUT2D eigenvalue weighted by atomic mass is 32.2. The van der Waals surface area contributed by atoms with Gasteiger partial charge in [-0.25, -0.2) is 8.42 Å². The van der Waals surface area contributed by atoms with Gasteiger partial charge in [-0.15, -0.1) is 0 Å². The van der Waals surface area contributed by atoms with Crippen molar-refractivity contribution in [2.45, 2.75) is 20.3 Å². The van der Waals surface area contributed by atoms with Crippen LogP contribution in [0.4, 0.5) is 5.69 Å². The predicted octanol–water partition coefficient (Wildman–Crippen LogP) is 1.69. The number of aryl methyl sites for hydroxylation is 1. The monoisotopic (exact) mass is 310 g/mol. The minimum atomic E-state index is -2.99. The number of anilines is 1.